The van der Waals surface area contributed by atoms with E-state index in [1.54, 1.807) is 37.4 Å². The van der Waals surface area contributed by atoms with Crippen molar-refractivity contribution in [2.24, 2.45) is 5.92 Å². The number of amides is 1. The molecule has 0 spiro atoms. The maximum absolute atomic E-state index is 12.6. The van der Waals surface area contributed by atoms with Crippen LogP contribution in [0.15, 0.2) is 42.5 Å². The Hall–Kier alpha value is -2.39. The second kappa shape index (κ2) is 9.40. The van der Waals surface area contributed by atoms with Crippen LogP contribution in [-0.4, -0.2) is 43.9 Å². The number of nitrogens with one attached hydrogen (secondary N) is 1. The lowest BCUT2D eigenvalue weighted by molar-refractivity contribution is -0.0255. The van der Waals surface area contributed by atoms with Crippen LogP contribution < -0.4 is 15.8 Å². The van der Waals surface area contributed by atoms with Crippen LogP contribution >= 0.6 is 0 Å². The second-order valence-corrected chi connectivity index (χ2v) is 12.7. The summed E-state index contributed by atoms with van der Waals surface area (Å²) in [5.41, 5.74) is 8.16. The highest BCUT2D eigenvalue weighted by Crippen LogP contribution is 2.47. The number of carbonyl (C=O) groups excluding carboxylic acids is 1. The third kappa shape index (κ3) is 5.09. The van der Waals surface area contributed by atoms with E-state index in [0.717, 1.165) is 5.56 Å². The van der Waals surface area contributed by atoms with Crippen molar-refractivity contribution in [2.75, 3.05) is 24.8 Å². The first kappa shape index (κ1) is 23.3. The lowest BCUT2D eigenvalue weighted by Gasteiger charge is -2.43. The molecule has 4 atom stereocenters. The molecule has 31 heavy (non-hydrogen) atoms. The first-order chi connectivity index (χ1) is 14.7. The summed E-state index contributed by atoms with van der Waals surface area (Å²) in [7, 11) is -0.933. The molecule has 5 N–H and O–H groups in total. The smallest absolute Gasteiger partial charge is 0.255 e. The second-order valence-electron chi connectivity index (χ2n) is 8.70. The number of carbonyl (C=O) groups is 1. The maximum Gasteiger partial charge on any atom is 0.255 e. The topological polar surface area (TPSA) is 114 Å². The van der Waals surface area contributed by atoms with Gasteiger partial charge in [-0.1, -0.05) is 6.92 Å². The molecular weight excluding hydrogens is 412 g/mol. The molecule has 168 valence electrons. The van der Waals surface area contributed by atoms with Gasteiger partial charge in [0.15, 0.2) is 8.32 Å². The van der Waals surface area contributed by atoms with Gasteiger partial charge in [-0.15, -0.1) is 0 Å². The van der Waals surface area contributed by atoms with Crippen molar-refractivity contribution in [3.05, 3.63) is 53.6 Å². The lowest BCUT2D eigenvalue weighted by Crippen LogP contribution is -2.48. The standard InChI is InChI=1S/C23H32N2O5Si/c1-14-21(29-2)18-13-17(25-23(27)15-5-7-16(24)8-6-15)9-10-19(18)30-22(14)20(11-12-26)31(3,4)28/h5-10,13-14,20-22,26,28H,11-12,24H2,1-4H3,(H,25,27)/t14-,20?,21-,22-/m1/s1. The quantitative estimate of drug-likeness (QED) is 0.384. The number of nitrogen functional groups attached to an aromatic ring is 1. The number of methoxy groups -OCH3 is 1. The van der Waals surface area contributed by atoms with Crippen LogP contribution in [0.25, 0.3) is 0 Å². The molecule has 1 aliphatic rings. The minimum absolute atomic E-state index is 0.00511. The Morgan fingerprint density at radius 2 is 1.94 bits per heavy atom. The first-order valence-corrected chi connectivity index (χ1v) is 13.5. The maximum atomic E-state index is 12.6. The zero-order valence-corrected chi connectivity index (χ0v) is 19.5. The molecule has 0 saturated heterocycles. The zero-order chi connectivity index (χ0) is 22.8. The summed E-state index contributed by atoms with van der Waals surface area (Å²) in [5.74, 6) is 0.394. The fourth-order valence-electron chi connectivity index (χ4n) is 4.35. The van der Waals surface area contributed by atoms with E-state index in [0.29, 0.717) is 29.1 Å². The SMILES string of the molecule is CO[C@H]1c2cc(NC(=O)c3ccc(N)cc3)ccc2O[C@@H](C(CCO)[Si](C)(C)O)[C@@H]1C. The molecular formula is C23H32N2O5Si. The van der Waals surface area contributed by atoms with E-state index in [9.17, 15) is 14.7 Å². The number of hydrogen-bond acceptors (Lipinski definition) is 6. The minimum atomic E-state index is -2.58. The van der Waals surface area contributed by atoms with Crippen molar-refractivity contribution in [1.82, 2.24) is 0 Å². The number of fused-ring (bicyclic) bond motifs is 1. The highest BCUT2D eigenvalue weighted by Gasteiger charge is 2.45. The van der Waals surface area contributed by atoms with E-state index >= 15 is 0 Å². The summed E-state index contributed by atoms with van der Waals surface area (Å²) in [6.07, 6.45) is -0.0576. The Morgan fingerprint density at radius 3 is 2.52 bits per heavy atom. The third-order valence-corrected chi connectivity index (χ3v) is 8.44. The van der Waals surface area contributed by atoms with E-state index < -0.39 is 8.32 Å². The molecule has 1 unspecified atom stereocenters. The van der Waals surface area contributed by atoms with Crippen molar-refractivity contribution in [3.63, 3.8) is 0 Å². The summed E-state index contributed by atoms with van der Waals surface area (Å²) in [5, 5.41) is 12.5. The fraction of sp³-hybridized carbons (Fsp3) is 0.435. The summed E-state index contributed by atoms with van der Waals surface area (Å²) < 4.78 is 12.2. The van der Waals surface area contributed by atoms with Gasteiger partial charge in [0.1, 0.15) is 11.9 Å². The molecule has 7 nitrogen and oxygen atoms in total. The number of aliphatic hydroxyl groups excluding tert-OH is 1. The number of benzene rings is 2. The molecule has 8 heteroatoms. The Morgan fingerprint density at radius 1 is 1.26 bits per heavy atom. The Kier molecular flexibility index (Phi) is 7.05. The number of hydrogen-bond donors (Lipinski definition) is 4. The van der Waals surface area contributed by atoms with Crippen molar-refractivity contribution in [1.29, 1.82) is 0 Å². The van der Waals surface area contributed by atoms with Gasteiger partial charge in [-0.05, 0) is 62.0 Å². The normalized spacial score (nSPS) is 21.7. The number of nitrogens with two attached hydrogens (primary N) is 1. The predicted octanol–water partition coefficient (Wildman–Crippen LogP) is 3.56. The van der Waals surface area contributed by atoms with Gasteiger partial charge in [0, 0.05) is 47.7 Å². The average Bonchev–Trinajstić information content (AvgIpc) is 2.71. The van der Waals surface area contributed by atoms with E-state index in [-0.39, 0.29) is 36.2 Å². The molecule has 0 radical (unpaired) electrons. The highest BCUT2D eigenvalue weighted by molar-refractivity contribution is 6.71. The number of anilines is 2. The van der Waals surface area contributed by atoms with Crippen LogP contribution in [0.5, 0.6) is 5.75 Å². The van der Waals surface area contributed by atoms with Crippen molar-refractivity contribution in [3.8, 4) is 5.75 Å². The summed E-state index contributed by atoms with van der Waals surface area (Å²) in [4.78, 5) is 23.4. The molecule has 3 rings (SSSR count). The van der Waals surface area contributed by atoms with Crippen LogP contribution in [0, 0.1) is 5.92 Å². The van der Waals surface area contributed by atoms with Crippen molar-refractivity contribution in [2.45, 2.75) is 44.2 Å². The van der Waals surface area contributed by atoms with Gasteiger partial charge in [0.2, 0.25) is 0 Å². The largest absolute Gasteiger partial charge is 0.490 e. The minimum Gasteiger partial charge on any atom is -0.490 e. The van der Waals surface area contributed by atoms with Crippen LogP contribution in [-0.2, 0) is 4.74 Å². The molecule has 0 saturated carbocycles. The summed E-state index contributed by atoms with van der Waals surface area (Å²) >= 11 is 0. The molecule has 1 heterocycles. The predicted molar refractivity (Wildman–Crippen MR) is 124 cm³/mol. The van der Waals surface area contributed by atoms with Crippen LogP contribution in [0.3, 0.4) is 0 Å². The van der Waals surface area contributed by atoms with Crippen LogP contribution in [0.1, 0.15) is 35.4 Å². The number of aliphatic hydroxyl groups is 1. The fourth-order valence-corrected chi connectivity index (χ4v) is 6.36. The van der Waals surface area contributed by atoms with Crippen LogP contribution in [0.4, 0.5) is 11.4 Å². The molecule has 0 fully saturated rings. The van der Waals surface area contributed by atoms with E-state index in [2.05, 4.69) is 5.32 Å². The van der Waals surface area contributed by atoms with Gasteiger partial charge in [-0.2, -0.15) is 0 Å². The Balaban J connectivity index is 1.87. The van der Waals surface area contributed by atoms with Crippen molar-refractivity contribution >= 4 is 25.6 Å². The van der Waals surface area contributed by atoms with Gasteiger partial charge in [0.25, 0.3) is 5.91 Å². The molecule has 0 bridgehead atoms. The van der Waals surface area contributed by atoms with E-state index in [1.165, 1.54) is 0 Å². The number of ether oxygens (including phenoxy) is 2. The van der Waals surface area contributed by atoms with Gasteiger partial charge in [0.05, 0.1) is 6.10 Å². The summed E-state index contributed by atoms with van der Waals surface area (Å²) in [6, 6.07) is 12.2. The average molecular weight is 445 g/mol. The van der Waals surface area contributed by atoms with Gasteiger partial charge in [-0.25, -0.2) is 0 Å². The Bertz CT molecular complexity index is 913. The first-order valence-electron chi connectivity index (χ1n) is 10.5. The molecule has 2 aromatic rings. The highest BCUT2D eigenvalue weighted by atomic mass is 28.4. The van der Waals surface area contributed by atoms with Crippen molar-refractivity contribution < 1.29 is 24.2 Å². The molecule has 1 amide bonds. The number of rotatable bonds is 7. The van der Waals surface area contributed by atoms with Crippen LogP contribution in [0.2, 0.25) is 18.6 Å². The van der Waals surface area contributed by atoms with E-state index in [4.69, 9.17) is 15.2 Å². The zero-order valence-electron chi connectivity index (χ0n) is 18.5. The molecule has 0 aliphatic carbocycles. The van der Waals surface area contributed by atoms with E-state index in [1.807, 2.05) is 32.2 Å². The molecule has 0 aromatic heterocycles. The molecule has 1 aliphatic heterocycles. The lowest BCUT2D eigenvalue weighted by atomic mass is 9.86. The Labute approximate surface area is 184 Å². The monoisotopic (exact) mass is 444 g/mol. The van der Waals surface area contributed by atoms with Gasteiger partial charge in [-0.3, -0.25) is 4.79 Å². The van der Waals surface area contributed by atoms with Gasteiger partial charge < -0.3 is 30.4 Å². The molecule has 2 aromatic carbocycles. The van der Waals surface area contributed by atoms with Gasteiger partial charge >= 0.3 is 0 Å². The summed E-state index contributed by atoms with van der Waals surface area (Å²) in [6.45, 7) is 5.77. The third-order valence-electron chi connectivity index (χ3n) is 6.00.